The van der Waals surface area contributed by atoms with Crippen molar-refractivity contribution in [1.82, 2.24) is 4.90 Å². The molecule has 1 nitrogen and oxygen atoms in total. The second-order valence-electron chi connectivity index (χ2n) is 2.51. The predicted octanol–water partition coefficient (Wildman–Crippen LogP) is 2.46. The summed E-state index contributed by atoms with van der Waals surface area (Å²) in [5, 5.41) is 0. The van der Waals surface area contributed by atoms with E-state index in [1.165, 1.54) is 12.8 Å². The minimum Gasteiger partial charge on any atom is -0.366 e. The summed E-state index contributed by atoms with van der Waals surface area (Å²) in [5.74, 6) is 0. The van der Waals surface area contributed by atoms with Crippen LogP contribution in [-0.2, 0) is 0 Å². The van der Waals surface area contributed by atoms with Crippen LogP contribution in [0.1, 0.15) is 33.6 Å². The normalized spacial score (nSPS) is 9.50. The molecule has 0 unspecified atom stereocenters. The van der Waals surface area contributed by atoms with Crippen LogP contribution >= 0.6 is 12.2 Å². The Hall–Kier alpha value is -0.110. The highest BCUT2D eigenvalue weighted by Crippen LogP contribution is 1.95. The third-order valence-electron chi connectivity index (χ3n) is 1.43. The van der Waals surface area contributed by atoms with Crippen molar-refractivity contribution < 1.29 is 0 Å². The second-order valence-corrected chi connectivity index (χ2v) is 3.10. The van der Waals surface area contributed by atoms with E-state index in [4.69, 9.17) is 12.2 Å². The van der Waals surface area contributed by atoms with Gasteiger partial charge < -0.3 is 4.90 Å². The highest BCUT2D eigenvalue weighted by molar-refractivity contribution is 7.80. The number of hydrogen-bond acceptors (Lipinski definition) is 1. The average molecular weight is 159 g/mol. The van der Waals surface area contributed by atoms with Crippen LogP contribution in [0.5, 0.6) is 0 Å². The molecule has 0 spiro atoms. The summed E-state index contributed by atoms with van der Waals surface area (Å²) in [6.07, 6.45) is 2.38. The molecule has 10 heavy (non-hydrogen) atoms. The van der Waals surface area contributed by atoms with Crippen LogP contribution in [0, 0.1) is 0 Å². The van der Waals surface area contributed by atoms with Crippen LogP contribution in [-0.4, -0.2) is 23.0 Å². The van der Waals surface area contributed by atoms with Crippen molar-refractivity contribution >= 4 is 17.2 Å². The molecule has 2 heteroatoms. The zero-order valence-corrected chi connectivity index (χ0v) is 8.00. The first-order chi connectivity index (χ1) is 4.72. The van der Waals surface area contributed by atoms with Crippen LogP contribution in [0.2, 0.25) is 0 Å². The van der Waals surface area contributed by atoms with Crippen molar-refractivity contribution in [3.63, 3.8) is 0 Å². The van der Waals surface area contributed by atoms with Crippen molar-refractivity contribution in [3.8, 4) is 0 Å². The Morgan fingerprint density at radius 1 is 1.20 bits per heavy atom. The van der Waals surface area contributed by atoms with Gasteiger partial charge in [-0.1, -0.05) is 26.1 Å². The van der Waals surface area contributed by atoms with Crippen LogP contribution in [0.15, 0.2) is 0 Å². The van der Waals surface area contributed by atoms with E-state index in [1.807, 2.05) is 6.92 Å². The van der Waals surface area contributed by atoms with E-state index in [1.54, 1.807) is 0 Å². The summed E-state index contributed by atoms with van der Waals surface area (Å²) in [6, 6.07) is 0. The molecule has 0 rings (SSSR count). The van der Waals surface area contributed by atoms with E-state index in [0.29, 0.717) is 0 Å². The largest absolute Gasteiger partial charge is 0.366 e. The molecule has 0 aliphatic carbocycles. The third-order valence-corrected chi connectivity index (χ3v) is 1.69. The van der Waals surface area contributed by atoms with Crippen LogP contribution < -0.4 is 0 Å². The van der Waals surface area contributed by atoms with Crippen molar-refractivity contribution in [2.75, 3.05) is 13.1 Å². The molecule has 0 fully saturated rings. The second kappa shape index (κ2) is 5.66. The first-order valence-corrected chi connectivity index (χ1v) is 4.38. The lowest BCUT2D eigenvalue weighted by molar-refractivity contribution is 0.421. The van der Waals surface area contributed by atoms with Crippen LogP contribution in [0.4, 0.5) is 0 Å². The van der Waals surface area contributed by atoms with E-state index < -0.39 is 0 Å². The molecule has 60 valence electrons. The summed E-state index contributed by atoms with van der Waals surface area (Å²) < 4.78 is 0. The molecular formula is C8H17NS. The van der Waals surface area contributed by atoms with Crippen molar-refractivity contribution in [2.45, 2.75) is 33.6 Å². The number of thiocarbonyl (C=S) groups is 1. The maximum Gasteiger partial charge on any atom is 0.0747 e. The summed E-state index contributed by atoms with van der Waals surface area (Å²) in [7, 11) is 0. The lowest BCUT2D eigenvalue weighted by Crippen LogP contribution is -2.28. The van der Waals surface area contributed by atoms with Crippen molar-refractivity contribution in [1.29, 1.82) is 0 Å². The van der Waals surface area contributed by atoms with Gasteiger partial charge in [0.05, 0.1) is 4.99 Å². The summed E-state index contributed by atoms with van der Waals surface area (Å²) in [6.45, 7) is 8.59. The molecule has 0 aromatic rings. The van der Waals surface area contributed by atoms with Gasteiger partial charge in [0, 0.05) is 13.1 Å². The van der Waals surface area contributed by atoms with E-state index >= 15 is 0 Å². The molecule has 0 aliphatic heterocycles. The predicted molar refractivity (Wildman–Crippen MR) is 50.4 cm³/mol. The first kappa shape index (κ1) is 9.89. The third kappa shape index (κ3) is 3.83. The monoisotopic (exact) mass is 159 g/mol. The Morgan fingerprint density at radius 3 is 1.80 bits per heavy atom. The van der Waals surface area contributed by atoms with Crippen LogP contribution in [0.3, 0.4) is 0 Å². The van der Waals surface area contributed by atoms with Gasteiger partial charge >= 0.3 is 0 Å². The SMILES string of the molecule is CCCN(CCC)C(C)=S. The molecule has 0 N–H and O–H groups in total. The maximum absolute atomic E-state index is 5.07. The topological polar surface area (TPSA) is 3.24 Å². The van der Waals surface area contributed by atoms with Gasteiger partial charge in [0.15, 0.2) is 0 Å². The smallest absolute Gasteiger partial charge is 0.0747 e. The molecular weight excluding hydrogens is 142 g/mol. The fraction of sp³-hybridized carbons (Fsp3) is 0.875. The van der Waals surface area contributed by atoms with Gasteiger partial charge in [-0.15, -0.1) is 0 Å². The highest BCUT2D eigenvalue weighted by Gasteiger charge is 2.00. The van der Waals surface area contributed by atoms with Crippen molar-refractivity contribution in [3.05, 3.63) is 0 Å². The van der Waals surface area contributed by atoms with E-state index in [-0.39, 0.29) is 0 Å². The fourth-order valence-corrected chi connectivity index (χ4v) is 1.15. The quantitative estimate of drug-likeness (QED) is 0.580. The Labute approximate surface area is 69.4 Å². The lowest BCUT2D eigenvalue weighted by atomic mass is 10.3. The fourth-order valence-electron chi connectivity index (χ4n) is 0.967. The van der Waals surface area contributed by atoms with Crippen LogP contribution in [0.25, 0.3) is 0 Å². The van der Waals surface area contributed by atoms with Crippen molar-refractivity contribution in [2.24, 2.45) is 0 Å². The zero-order chi connectivity index (χ0) is 7.98. The average Bonchev–Trinajstić information content (AvgIpc) is 1.87. The van der Waals surface area contributed by atoms with Gasteiger partial charge in [0.25, 0.3) is 0 Å². The molecule has 0 atom stereocenters. The molecule has 0 heterocycles. The molecule has 0 radical (unpaired) electrons. The van der Waals surface area contributed by atoms with Gasteiger partial charge in [0.1, 0.15) is 0 Å². The minimum atomic E-state index is 1.03. The van der Waals surface area contributed by atoms with E-state index in [9.17, 15) is 0 Å². The Bertz CT molecular complexity index is 95.4. The molecule has 0 saturated carbocycles. The molecule has 0 amide bonds. The van der Waals surface area contributed by atoms with E-state index in [2.05, 4.69) is 18.7 Å². The van der Waals surface area contributed by atoms with E-state index in [0.717, 1.165) is 18.1 Å². The van der Waals surface area contributed by atoms with Gasteiger partial charge in [0.2, 0.25) is 0 Å². The zero-order valence-electron chi connectivity index (χ0n) is 7.18. The number of hydrogen-bond donors (Lipinski definition) is 0. The minimum absolute atomic E-state index is 1.03. The molecule has 0 saturated heterocycles. The standard InChI is InChI=1S/C8H17NS/c1-4-6-9(7-5-2)8(3)10/h4-7H2,1-3H3. The Kier molecular flexibility index (Phi) is 5.60. The van der Waals surface area contributed by atoms with Gasteiger partial charge in [-0.25, -0.2) is 0 Å². The molecule has 0 aromatic carbocycles. The molecule has 0 bridgehead atoms. The summed E-state index contributed by atoms with van der Waals surface area (Å²) in [5.41, 5.74) is 0. The molecule has 0 aliphatic rings. The van der Waals surface area contributed by atoms with Gasteiger partial charge in [-0.05, 0) is 19.8 Å². The number of rotatable bonds is 4. The Morgan fingerprint density at radius 2 is 1.60 bits per heavy atom. The summed E-state index contributed by atoms with van der Waals surface area (Å²) in [4.78, 5) is 3.29. The summed E-state index contributed by atoms with van der Waals surface area (Å²) >= 11 is 5.07. The van der Waals surface area contributed by atoms with Gasteiger partial charge in [-0.3, -0.25) is 0 Å². The first-order valence-electron chi connectivity index (χ1n) is 3.97. The maximum atomic E-state index is 5.07. The number of nitrogens with zero attached hydrogens (tertiary/aromatic N) is 1. The molecule has 0 aromatic heterocycles. The highest BCUT2D eigenvalue weighted by atomic mass is 32.1. The van der Waals surface area contributed by atoms with Gasteiger partial charge in [-0.2, -0.15) is 0 Å². The Balaban J connectivity index is 3.61. The lowest BCUT2D eigenvalue weighted by Gasteiger charge is -2.21.